The van der Waals surface area contributed by atoms with Crippen molar-refractivity contribution < 1.29 is 14.3 Å². The number of thioether (sulfide) groups is 1. The molecule has 0 radical (unpaired) electrons. The van der Waals surface area contributed by atoms with Crippen molar-refractivity contribution in [3.8, 4) is 0 Å². The van der Waals surface area contributed by atoms with Crippen LogP contribution in [0.5, 0.6) is 0 Å². The highest BCUT2D eigenvalue weighted by molar-refractivity contribution is 7.98. The summed E-state index contributed by atoms with van der Waals surface area (Å²) in [4.78, 5) is 25.4. The summed E-state index contributed by atoms with van der Waals surface area (Å²) in [5.41, 5.74) is 2.43. The lowest BCUT2D eigenvalue weighted by atomic mass is 9.95. The van der Waals surface area contributed by atoms with Crippen molar-refractivity contribution in [2.75, 3.05) is 25.2 Å². The number of hydrogen-bond acceptors (Lipinski definition) is 5. The van der Waals surface area contributed by atoms with Gasteiger partial charge in [-0.05, 0) is 48.8 Å². The predicted octanol–water partition coefficient (Wildman–Crippen LogP) is 1.23. The maximum Gasteiger partial charge on any atom is 0.242 e. The zero-order valence-corrected chi connectivity index (χ0v) is 16.6. The van der Waals surface area contributed by atoms with Crippen molar-refractivity contribution in [1.29, 1.82) is 0 Å². The van der Waals surface area contributed by atoms with Crippen LogP contribution < -0.4 is 16.0 Å². The lowest BCUT2D eigenvalue weighted by molar-refractivity contribution is -0.130. The van der Waals surface area contributed by atoms with Gasteiger partial charge in [0.25, 0.3) is 0 Å². The predicted molar refractivity (Wildman–Crippen MR) is 108 cm³/mol. The third-order valence-electron chi connectivity index (χ3n) is 5.17. The van der Waals surface area contributed by atoms with E-state index in [4.69, 9.17) is 4.74 Å². The highest BCUT2D eigenvalue weighted by Gasteiger charge is 2.28. The molecule has 6 nitrogen and oxygen atoms in total. The third kappa shape index (κ3) is 5.70. The van der Waals surface area contributed by atoms with Gasteiger partial charge in [-0.15, -0.1) is 0 Å². The number of carbonyl (C=O) groups is 2. The fourth-order valence-corrected chi connectivity index (χ4v) is 4.03. The Hall–Kier alpha value is -1.57. The molecule has 3 N–H and O–H groups in total. The Labute approximate surface area is 165 Å². The minimum Gasteiger partial charge on any atom is -0.376 e. The number of nitrogens with one attached hydrogen (secondary N) is 3. The second-order valence-corrected chi connectivity index (χ2v) is 8.11. The summed E-state index contributed by atoms with van der Waals surface area (Å²) in [5.74, 6) is 0.589. The van der Waals surface area contributed by atoms with E-state index in [9.17, 15) is 9.59 Å². The molecule has 27 heavy (non-hydrogen) atoms. The minimum atomic E-state index is -0.509. The van der Waals surface area contributed by atoms with Gasteiger partial charge in [0.05, 0.1) is 12.1 Å². The fraction of sp³-hybridized carbons (Fsp3) is 0.600. The summed E-state index contributed by atoms with van der Waals surface area (Å²) in [6.07, 6.45) is 5.39. The lowest BCUT2D eigenvalue weighted by Crippen LogP contribution is -2.55. The monoisotopic (exact) mass is 391 g/mol. The molecule has 0 bridgehead atoms. The molecule has 1 fully saturated rings. The molecule has 0 saturated carbocycles. The smallest absolute Gasteiger partial charge is 0.242 e. The van der Waals surface area contributed by atoms with Gasteiger partial charge in [-0.25, -0.2) is 0 Å². The molecule has 2 heterocycles. The Morgan fingerprint density at radius 1 is 1.33 bits per heavy atom. The van der Waals surface area contributed by atoms with Crippen molar-refractivity contribution in [3.05, 3.63) is 35.4 Å². The average molecular weight is 392 g/mol. The van der Waals surface area contributed by atoms with Crippen molar-refractivity contribution in [1.82, 2.24) is 16.0 Å². The van der Waals surface area contributed by atoms with Gasteiger partial charge < -0.3 is 20.7 Å². The van der Waals surface area contributed by atoms with Crippen LogP contribution in [0, 0.1) is 0 Å². The number of benzene rings is 1. The van der Waals surface area contributed by atoms with E-state index >= 15 is 0 Å². The fourth-order valence-electron chi connectivity index (χ4n) is 3.56. The summed E-state index contributed by atoms with van der Waals surface area (Å²) >= 11 is 1.67. The molecular formula is C20H29N3O3S. The molecule has 0 spiro atoms. The quantitative estimate of drug-likeness (QED) is 0.621. The Kier molecular flexibility index (Phi) is 7.55. The topological polar surface area (TPSA) is 79.5 Å². The van der Waals surface area contributed by atoms with Crippen molar-refractivity contribution in [2.24, 2.45) is 0 Å². The highest BCUT2D eigenvalue weighted by Crippen LogP contribution is 2.16. The number of fused-ring (bicyclic) bond motifs is 1. The molecule has 7 heteroatoms. The first-order chi connectivity index (χ1) is 13.2. The van der Waals surface area contributed by atoms with Crippen molar-refractivity contribution in [3.63, 3.8) is 0 Å². The first-order valence-corrected chi connectivity index (χ1v) is 11.1. The largest absolute Gasteiger partial charge is 0.376 e. The standard InChI is InChI=1S/C20H29N3O3S/c1-27-10-8-17(19(24)22-13-16-7-4-9-26-16)23-20(25)18-11-14-5-2-3-6-15(14)12-21-18/h2-3,5-6,16-18,21H,4,7-13H2,1H3,(H,22,24)(H,23,25)/t16-,17+,18+/m1/s1. The molecule has 148 valence electrons. The van der Waals surface area contributed by atoms with Gasteiger partial charge in [0.15, 0.2) is 0 Å². The number of rotatable bonds is 8. The Balaban J connectivity index is 1.54. The SMILES string of the molecule is CSCC[C@H](NC(=O)[C@@H]1Cc2ccccc2CN1)C(=O)NC[C@H]1CCCO1. The van der Waals surface area contributed by atoms with Crippen LogP contribution in [0.25, 0.3) is 0 Å². The number of carbonyl (C=O) groups excluding carboxylic acids is 2. The first kappa shape index (κ1) is 20.2. The van der Waals surface area contributed by atoms with E-state index in [1.54, 1.807) is 11.8 Å². The van der Waals surface area contributed by atoms with E-state index < -0.39 is 6.04 Å². The summed E-state index contributed by atoms with van der Waals surface area (Å²) < 4.78 is 5.56. The number of amides is 2. The van der Waals surface area contributed by atoms with Crippen LogP contribution in [0.3, 0.4) is 0 Å². The molecule has 2 aliphatic rings. The molecule has 2 aliphatic heterocycles. The second kappa shape index (κ2) is 10.1. The van der Waals surface area contributed by atoms with Crippen LogP contribution in [0.2, 0.25) is 0 Å². The van der Waals surface area contributed by atoms with Crippen LogP contribution >= 0.6 is 11.8 Å². The zero-order chi connectivity index (χ0) is 19.1. The summed E-state index contributed by atoms with van der Waals surface area (Å²) in [5, 5.41) is 9.19. The van der Waals surface area contributed by atoms with Crippen LogP contribution in [0.4, 0.5) is 0 Å². The maximum atomic E-state index is 12.8. The zero-order valence-electron chi connectivity index (χ0n) is 15.8. The van der Waals surface area contributed by atoms with Crippen LogP contribution in [0.15, 0.2) is 24.3 Å². The van der Waals surface area contributed by atoms with Gasteiger partial charge in [0.1, 0.15) is 6.04 Å². The normalized spacial score (nSPS) is 22.7. The van der Waals surface area contributed by atoms with E-state index in [1.165, 1.54) is 11.1 Å². The molecule has 3 atom stereocenters. The summed E-state index contributed by atoms with van der Waals surface area (Å²) in [6, 6.07) is 7.34. The van der Waals surface area contributed by atoms with E-state index in [1.807, 2.05) is 18.4 Å². The lowest BCUT2D eigenvalue weighted by Gasteiger charge is -2.27. The van der Waals surface area contributed by atoms with Crippen LogP contribution in [0.1, 0.15) is 30.4 Å². The van der Waals surface area contributed by atoms with Gasteiger partial charge in [-0.2, -0.15) is 11.8 Å². The molecule has 1 aromatic carbocycles. The Bertz CT molecular complexity index is 649. The van der Waals surface area contributed by atoms with E-state index in [0.717, 1.165) is 25.2 Å². The molecule has 0 aliphatic carbocycles. The minimum absolute atomic E-state index is 0.0994. The molecule has 1 saturated heterocycles. The Morgan fingerprint density at radius 2 is 2.15 bits per heavy atom. The highest BCUT2D eigenvalue weighted by atomic mass is 32.2. The maximum absolute atomic E-state index is 12.8. The summed E-state index contributed by atoms with van der Waals surface area (Å²) in [7, 11) is 0. The average Bonchev–Trinajstić information content (AvgIpc) is 3.22. The number of hydrogen-bond donors (Lipinski definition) is 3. The van der Waals surface area contributed by atoms with Gasteiger partial charge in [0, 0.05) is 19.7 Å². The van der Waals surface area contributed by atoms with Gasteiger partial charge in [-0.1, -0.05) is 24.3 Å². The molecule has 1 aromatic rings. The van der Waals surface area contributed by atoms with Gasteiger partial charge in [0.2, 0.25) is 11.8 Å². The van der Waals surface area contributed by atoms with E-state index in [2.05, 4.69) is 28.1 Å². The van der Waals surface area contributed by atoms with E-state index in [-0.39, 0.29) is 24.0 Å². The van der Waals surface area contributed by atoms with Crippen molar-refractivity contribution >= 4 is 23.6 Å². The van der Waals surface area contributed by atoms with Crippen LogP contribution in [-0.4, -0.2) is 55.2 Å². The van der Waals surface area contributed by atoms with Crippen LogP contribution in [-0.2, 0) is 27.3 Å². The number of ether oxygens (including phenoxy) is 1. The molecule has 2 amide bonds. The molecule has 0 aromatic heterocycles. The third-order valence-corrected chi connectivity index (χ3v) is 5.81. The molecule has 3 rings (SSSR count). The van der Waals surface area contributed by atoms with Gasteiger partial charge >= 0.3 is 0 Å². The summed E-state index contributed by atoms with van der Waals surface area (Å²) in [6.45, 7) is 1.95. The molecular weight excluding hydrogens is 362 g/mol. The second-order valence-electron chi connectivity index (χ2n) is 7.13. The van der Waals surface area contributed by atoms with Gasteiger partial charge in [-0.3, -0.25) is 9.59 Å². The van der Waals surface area contributed by atoms with Crippen molar-refractivity contribution in [2.45, 2.75) is 50.4 Å². The Morgan fingerprint density at radius 3 is 2.89 bits per heavy atom. The van der Waals surface area contributed by atoms with E-state index in [0.29, 0.717) is 25.9 Å². The molecule has 0 unspecified atom stereocenters. The first-order valence-electron chi connectivity index (χ1n) is 9.66.